The molecule has 2 heterocycles. The zero-order valence-corrected chi connectivity index (χ0v) is 16.9. The minimum Gasteiger partial charge on any atom is -0.497 e. The van der Waals surface area contributed by atoms with Gasteiger partial charge in [0.15, 0.2) is 5.01 Å². The van der Waals surface area contributed by atoms with Gasteiger partial charge in [-0.15, -0.1) is 11.3 Å². The molecule has 0 radical (unpaired) electrons. The summed E-state index contributed by atoms with van der Waals surface area (Å²) < 4.78 is 11.1. The van der Waals surface area contributed by atoms with Crippen molar-refractivity contribution in [1.29, 1.82) is 0 Å². The van der Waals surface area contributed by atoms with Crippen LogP contribution >= 0.6 is 11.3 Å². The number of nitrogens with one attached hydrogen (secondary N) is 1. The molecule has 9 heteroatoms. The molecule has 0 bridgehead atoms. The summed E-state index contributed by atoms with van der Waals surface area (Å²) in [5, 5.41) is 16.6. The van der Waals surface area contributed by atoms with Crippen molar-refractivity contribution < 1.29 is 24.0 Å². The third-order valence-electron chi connectivity index (χ3n) is 4.55. The lowest BCUT2D eigenvalue weighted by molar-refractivity contribution is 0.0648. The van der Waals surface area contributed by atoms with E-state index in [0.29, 0.717) is 22.0 Å². The summed E-state index contributed by atoms with van der Waals surface area (Å²) in [6.07, 6.45) is 0. The van der Waals surface area contributed by atoms with Crippen LogP contribution in [0.5, 0.6) is 5.75 Å². The molecule has 0 aliphatic rings. The molecule has 2 N–H and O–H groups in total. The van der Waals surface area contributed by atoms with E-state index in [-0.39, 0.29) is 11.3 Å². The van der Waals surface area contributed by atoms with E-state index < -0.39 is 17.9 Å². The Labute approximate surface area is 175 Å². The van der Waals surface area contributed by atoms with Crippen LogP contribution in [-0.4, -0.2) is 34.2 Å². The minimum atomic E-state index is -1.27. The number of benzene rings is 2. The number of rotatable bonds is 6. The molecule has 30 heavy (non-hydrogen) atoms. The van der Waals surface area contributed by atoms with Gasteiger partial charge in [0.25, 0.3) is 5.91 Å². The van der Waals surface area contributed by atoms with Crippen LogP contribution in [0.25, 0.3) is 21.5 Å². The number of aromatic carboxylic acids is 1. The molecule has 4 rings (SSSR count). The smallest absolute Gasteiger partial charge is 0.375 e. The number of hydrogen-bond acceptors (Lipinski definition) is 7. The number of ether oxygens (including phenoxy) is 1. The standard InChI is InChI=1S/C21H17N3O5S/c1-11(22-19(25)20-23-14-5-3-4-6-15(14)30-20)16-17(24-29-18(16)21(26)27)12-7-9-13(28-2)10-8-12/h3-11H,1-2H3,(H,22,25)(H,26,27). The Kier molecular flexibility index (Phi) is 5.20. The predicted molar refractivity (Wildman–Crippen MR) is 111 cm³/mol. The Morgan fingerprint density at radius 3 is 2.57 bits per heavy atom. The van der Waals surface area contributed by atoms with E-state index in [4.69, 9.17) is 9.26 Å². The summed E-state index contributed by atoms with van der Waals surface area (Å²) in [6.45, 7) is 1.68. The third kappa shape index (κ3) is 3.62. The molecule has 1 amide bonds. The molecule has 2 aromatic carbocycles. The first-order valence-corrected chi connectivity index (χ1v) is 9.83. The average molecular weight is 423 g/mol. The molecule has 0 saturated carbocycles. The van der Waals surface area contributed by atoms with Gasteiger partial charge in [-0.2, -0.15) is 0 Å². The number of carboxylic acids is 1. The van der Waals surface area contributed by atoms with E-state index in [2.05, 4.69) is 15.5 Å². The van der Waals surface area contributed by atoms with Crippen LogP contribution in [0.1, 0.15) is 38.9 Å². The summed E-state index contributed by atoms with van der Waals surface area (Å²) in [5.41, 5.74) is 1.99. The number of thiazole rings is 1. The molecule has 152 valence electrons. The highest BCUT2D eigenvalue weighted by Gasteiger charge is 2.28. The molecular formula is C21H17N3O5S. The van der Waals surface area contributed by atoms with Crippen molar-refractivity contribution in [3.8, 4) is 17.0 Å². The Bertz CT molecular complexity index is 1200. The van der Waals surface area contributed by atoms with E-state index >= 15 is 0 Å². The van der Waals surface area contributed by atoms with E-state index in [1.807, 2.05) is 24.3 Å². The zero-order chi connectivity index (χ0) is 21.3. The Morgan fingerprint density at radius 1 is 1.17 bits per heavy atom. The van der Waals surface area contributed by atoms with Gasteiger partial charge in [0.2, 0.25) is 5.76 Å². The molecule has 0 spiro atoms. The highest BCUT2D eigenvalue weighted by atomic mass is 32.1. The maximum atomic E-state index is 12.8. The summed E-state index contributed by atoms with van der Waals surface area (Å²) in [6, 6.07) is 13.7. The largest absolute Gasteiger partial charge is 0.497 e. The Balaban J connectivity index is 1.66. The maximum absolute atomic E-state index is 12.8. The number of carbonyl (C=O) groups is 2. The van der Waals surface area contributed by atoms with Crippen LogP contribution in [0.3, 0.4) is 0 Å². The fourth-order valence-corrected chi connectivity index (χ4v) is 3.98. The van der Waals surface area contributed by atoms with Gasteiger partial charge in [-0.25, -0.2) is 9.78 Å². The van der Waals surface area contributed by atoms with Crippen LogP contribution in [0.4, 0.5) is 0 Å². The number of para-hydroxylation sites is 1. The Morgan fingerprint density at radius 2 is 1.90 bits per heavy atom. The van der Waals surface area contributed by atoms with Crippen molar-refractivity contribution in [3.63, 3.8) is 0 Å². The number of fused-ring (bicyclic) bond motifs is 1. The quantitative estimate of drug-likeness (QED) is 0.479. The first kappa shape index (κ1) is 19.6. The maximum Gasteiger partial charge on any atom is 0.375 e. The molecule has 4 aromatic rings. The summed E-state index contributed by atoms with van der Waals surface area (Å²) >= 11 is 1.27. The monoisotopic (exact) mass is 423 g/mol. The average Bonchev–Trinajstić information content (AvgIpc) is 3.38. The second kappa shape index (κ2) is 7.96. The lowest BCUT2D eigenvalue weighted by Crippen LogP contribution is -2.27. The number of nitrogens with zero attached hydrogens (tertiary/aromatic N) is 2. The molecule has 0 aliphatic carbocycles. The number of carbonyl (C=O) groups excluding carboxylic acids is 1. The van der Waals surface area contributed by atoms with E-state index in [1.165, 1.54) is 11.3 Å². The van der Waals surface area contributed by atoms with Gasteiger partial charge >= 0.3 is 5.97 Å². The van der Waals surface area contributed by atoms with Gasteiger partial charge in [-0.05, 0) is 43.3 Å². The van der Waals surface area contributed by atoms with Crippen LogP contribution in [0, 0.1) is 0 Å². The Hall–Kier alpha value is -3.72. The minimum absolute atomic E-state index is 0.280. The van der Waals surface area contributed by atoms with Crippen molar-refractivity contribution in [2.75, 3.05) is 7.11 Å². The molecule has 8 nitrogen and oxygen atoms in total. The van der Waals surface area contributed by atoms with Crippen LogP contribution in [0.15, 0.2) is 53.1 Å². The molecule has 1 unspecified atom stereocenters. The van der Waals surface area contributed by atoms with E-state index in [0.717, 1.165) is 10.2 Å². The molecule has 2 aromatic heterocycles. The van der Waals surface area contributed by atoms with Crippen LogP contribution in [0.2, 0.25) is 0 Å². The molecule has 0 aliphatic heterocycles. The second-order valence-corrected chi connectivity index (χ2v) is 7.52. The molecule has 1 atom stereocenters. The summed E-state index contributed by atoms with van der Waals surface area (Å²) in [7, 11) is 1.55. The molecule has 0 fully saturated rings. The van der Waals surface area contributed by atoms with Crippen molar-refractivity contribution in [1.82, 2.24) is 15.5 Å². The fourth-order valence-electron chi connectivity index (χ4n) is 3.11. The van der Waals surface area contributed by atoms with Crippen molar-refractivity contribution in [3.05, 3.63) is 64.9 Å². The number of amides is 1. The molecule has 0 saturated heterocycles. The number of hydrogen-bond donors (Lipinski definition) is 2. The topological polar surface area (TPSA) is 115 Å². The van der Waals surface area contributed by atoms with Crippen molar-refractivity contribution >= 4 is 33.4 Å². The number of methoxy groups -OCH3 is 1. The lowest BCUT2D eigenvalue weighted by atomic mass is 10.0. The number of aromatic nitrogens is 2. The second-order valence-electron chi connectivity index (χ2n) is 6.49. The lowest BCUT2D eigenvalue weighted by Gasteiger charge is -2.13. The van der Waals surface area contributed by atoms with Gasteiger partial charge in [0.1, 0.15) is 11.4 Å². The van der Waals surface area contributed by atoms with Crippen LogP contribution < -0.4 is 10.1 Å². The number of carboxylic acid groups (broad SMARTS) is 1. The van der Waals surface area contributed by atoms with Gasteiger partial charge in [0, 0.05) is 5.56 Å². The van der Waals surface area contributed by atoms with Crippen molar-refractivity contribution in [2.45, 2.75) is 13.0 Å². The molecular weight excluding hydrogens is 406 g/mol. The third-order valence-corrected chi connectivity index (χ3v) is 5.59. The highest BCUT2D eigenvalue weighted by Crippen LogP contribution is 2.32. The van der Waals surface area contributed by atoms with Gasteiger partial charge in [-0.1, -0.05) is 17.3 Å². The SMILES string of the molecule is COc1ccc(-c2noc(C(=O)O)c2C(C)NC(=O)c2nc3ccccc3s2)cc1. The predicted octanol–water partition coefficient (Wildman–Crippen LogP) is 4.15. The first-order valence-electron chi connectivity index (χ1n) is 9.01. The zero-order valence-electron chi connectivity index (χ0n) is 16.1. The van der Waals surface area contributed by atoms with Crippen molar-refractivity contribution in [2.24, 2.45) is 0 Å². The fraction of sp³-hybridized carbons (Fsp3) is 0.143. The first-order chi connectivity index (χ1) is 14.5. The van der Waals surface area contributed by atoms with Gasteiger partial charge < -0.3 is 19.7 Å². The summed E-state index contributed by atoms with van der Waals surface area (Å²) in [4.78, 5) is 28.8. The normalized spacial score (nSPS) is 11.9. The van der Waals surface area contributed by atoms with E-state index in [1.54, 1.807) is 38.3 Å². The van der Waals surface area contributed by atoms with Gasteiger partial charge in [-0.3, -0.25) is 4.79 Å². The highest BCUT2D eigenvalue weighted by molar-refractivity contribution is 7.20. The van der Waals surface area contributed by atoms with Crippen LogP contribution in [-0.2, 0) is 0 Å². The summed E-state index contributed by atoms with van der Waals surface area (Å²) in [5.74, 6) is -1.34. The van der Waals surface area contributed by atoms with Gasteiger partial charge in [0.05, 0.1) is 28.9 Å². The van der Waals surface area contributed by atoms with E-state index in [9.17, 15) is 14.7 Å².